The molecule has 0 radical (unpaired) electrons. The molecule has 0 bridgehead atoms. The zero-order valence-corrected chi connectivity index (χ0v) is 15.0. The Labute approximate surface area is 148 Å². The maximum atomic E-state index is 13.0. The number of halogens is 1. The number of hydrogen-bond donors (Lipinski definition) is 1. The van der Waals surface area contributed by atoms with Crippen LogP contribution < -0.4 is 5.32 Å². The van der Waals surface area contributed by atoms with Gasteiger partial charge >= 0.3 is 0 Å². The van der Waals surface area contributed by atoms with Crippen molar-refractivity contribution in [3.63, 3.8) is 0 Å². The lowest BCUT2D eigenvalue weighted by Crippen LogP contribution is -2.33. The van der Waals surface area contributed by atoms with Crippen LogP contribution in [0.4, 0.5) is 4.39 Å². The average molecular weight is 360 g/mol. The Hall–Kier alpha value is -1.92. The molecule has 6 heteroatoms. The predicted octanol–water partition coefficient (Wildman–Crippen LogP) is 4.79. The van der Waals surface area contributed by atoms with E-state index in [0.29, 0.717) is 0 Å². The SMILES string of the molecule is C[C@H](Sc1nc2ccccc2s1)C(=O)N[C@@H](C)c1ccc(F)cc1. The Kier molecular flexibility index (Phi) is 5.16. The fourth-order valence-electron chi connectivity index (χ4n) is 2.27. The number of carbonyl (C=O) groups is 1. The molecule has 24 heavy (non-hydrogen) atoms. The van der Waals surface area contributed by atoms with Crippen molar-refractivity contribution in [1.82, 2.24) is 10.3 Å². The van der Waals surface area contributed by atoms with Crippen LogP contribution in [0.5, 0.6) is 0 Å². The highest BCUT2D eigenvalue weighted by molar-refractivity contribution is 8.02. The van der Waals surface area contributed by atoms with Crippen LogP contribution >= 0.6 is 23.1 Å². The molecule has 1 amide bonds. The summed E-state index contributed by atoms with van der Waals surface area (Å²) in [5.41, 5.74) is 1.83. The minimum atomic E-state index is -0.281. The molecule has 0 aliphatic carbocycles. The van der Waals surface area contributed by atoms with Gasteiger partial charge in [-0.25, -0.2) is 9.37 Å². The fraction of sp³-hybridized carbons (Fsp3) is 0.222. The summed E-state index contributed by atoms with van der Waals surface area (Å²) in [6.07, 6.45) is 0. The first-order valence-electron chi connectivity index (χ1n) is 7.61. The molecule has 3 aromatic rings. The minimum Gasteiger partial charge on any atom is -0.349 e. The molecule has 0 fully saturated rings. The number of hydrogen-bond acceptors (Lipinski definition) is 4. The maximum absolute atomic E-state index is 13.0. The number of para-hydroxylation sites is 1. The van der Waals surface area contributed by atoms with Crippen LogP contribution in [0, 0.1) is 5.82 Å². The van der Waals surface area contributed by atoms with E-state index in [9.17, 15) is 9.18 Å². The lowest BCUT2D eigenvalue weighted by Gasteiger charge is -2.17. The molecule has 0 unspecified atom stereocenters. The van der Waals surface area contributed by atoms with Gasteiger partial charge in [-0.2, -0.15) is 0 Å². The zero-order valence-electron chi connectivity index (χ0n) is 13.3. The highest BCUT2D eigenvalue weighted by Crippen LogP contribution is 2.32. The van der Waals surface area contributed by atoms with E-state index in [1.165, 1.54) is 23.9 Å². The van der Waals surface area contributed by atoms with Gasteiger partial charge in [0.25, 0.3) is 0 Å². The van der Waals surface area contributed by atoms with E-state index in [0.717, 1.165) is 20.1 Å². The highest BCUT2D eigenvalue weighted by Gasteiger charge is 2.19. The van der Waals surface area contributed by atoms with E-state index in [4.69, 9.17) is 0 Å². The topological polar surface area (TPSA) is 42.0 Å². The van der Waals surface area contributed by atoms with E-state index in [1.54, 1.807) is 23.5 Å². The third kappa shape index (κ3) is 3.94. The van der Waals surface area contributed by atoms with Crippen LogP contribution in [-0.2, 0) is 4.79 Å². The lowest BCUT2D eigenvalue weighted by atomic mass is 10.1. The molecule has 3 rings (SSSR count). The Morgan fingerprint density at radius 1 is 1.17 bits per heavy atom. The van der Waals surface area contributed by atoms with E-state index in [-0.39, 0.29) is 23.0 Å². The Morgan fingerprint density at radius 2 is 1.88 bits per heavy atom. The smallest absolute Gasteiger partial charge is 0.233 e. The Bertz CT molecular complexity index is 815. The number of carbonyl (C=O) groups excluding carboxylic acids is 1. The van der Waals surface area contributed by atoms with Crippen LogP contribution in [0.15, 0.2) is 52.9 Å². The number of benzene rings is 2. The van der Waals surface area contributed by atoms with Crippen molar-refractivity contribution in [1.29, 1.82) is 0 Å². The van der Waals surface area contributed by atoms with Gasteiger partial charge in [0.2, 0.25) is 5.91 Å². The quantitative estimate of drug-likeness (QED) is 0.665. The molecule has 0 saturated carbocycles. The molecule has 1 N–H and O–H groups in total. The molecule has 0 saturated heterocycles. The molecule has 3 nitrogen and oxygen atoms in total. The van der Waals surface area contributed by atoms with Crippen LogP contribution in [0.1, 0.15) is 25.5 Å². The molecule has 124 valence electrons. The van der Waals surface area contributed by atoms with Gasteiger partial charge < -0.3 is 5.32 Å². The van der Waals surface area contributed by atoms with Crippen molar-refractivity contribution in [2.45, 2.75) is 29.5 Å². The highest BCUT2D eigenvalue weighted by atomic mass is 32.2. The normalized spacial score (nSPS) is 13.6. The second-order valence-electron chi connectivity index (χ2n) is 5.49. The number of nitrogens with one attached hydrogen (secondary N) is 1. The Balaban J connectivity index is 1.62. The van der Waals surface area contributed by atoms with Crippen LogP contribution in [0.25, 0.3) is 10.2 Å². The van der Waals surface area contributed by atoms with Crippen molar-refractivity contribution >= 4 is 39.2 Å². The van der Waals surface area contributed by atoms with Gasteiger partial charge in [-0.1, -0.05) is 36.0 Å². The molecular formula is C18H17FN2OS2. The third-order valence-electron chi connectivity index (χ3n) is 3.65. The largest absolute Gasteiger partial charge is 0.349 e. The van der Waals surface area contributed by atoms with Crippen molar-refractivity contribution < 1.29 is 9.18 Å². The molecular weight excluding hydrogens is 343 g/mol. The summed E-state index contributed by atoms with van der Waals surface area (Å²) in [4.78, 5) is 16.9. The van der Waals surface area contributed by atoms with Gasteiger partial charge in [0.1, 0.15) is 5.82 Å². The van der Waals surface area contributed by atoms with Crippen molar-refractivity contribution in [3.05, 3.63) is 59.9 Å². The molecule has 0 aliphatic rings. The Morgan fingerprint density at radius 3 is 2.58 bits per heavy atom. The summed E-state index contributed by atoms with van der Waals surface area (Å²) in [6.45, 7) is 3.75. The van der Waals surface area contributed by atoms with E-state index in [2.05, 4.69) is 10.3 Å². The van der Waals surface area contributed by atoms with Gasteiger partial charge in [-0.3, -0.25) is 4.79 Å². The van der Waals surface area contributed by atoms with Crippen LogP contribution in [-0.4, -0.2) is 16.1 Å². The number of thiazole rings is 1. The first-order valence-corrected chi connectivity index (χ1v) is 9.30. The number of fused-ring (bicyclic) bond motifs is 1. The molecule has 0 aliphatic heterocycles. The summed E-state index contributed by atoms with van der Waals surface area (Å²) >= 11 is 3.04. The number of nitrogens with zero attached hydrogens (tertiary/aromatic N) is 1. The zero-order chi connectivity index (χ0) is 17.1. The third-order valence-corrected chi connectivity index (χ3v) is 5.88. The second-order valence-corrected chi connectivity index (χ2v) is 8.11. The summed E-state index contributed by atoms with van der Waals surface area (Å²) in [5, 5.41) is 2.71. The predicted molar refractivity (Wildman–Crippen MR) is 97.9 cm³/mol. The van der Waals surface area contributed by atoms with Crippen LogP contribution in [0.2, 0.25) is 0 Å². The van der Waals surface area contributed by atoms with Gasteiger partial charge in [0.05, 0.1) is 21.5 Å². The van der Waals surface area contributed by atoms with E-state index in [1.807, 2.05) is 38.1 Å². The van der Waals surface area contributed by atoms with Crippen LogP contribution in [0.3, 0.4) is 0 Å². The first kappa shape index (κ1) is 16.9. The van der Waals surface area contributed by atoms with E-state index >= 15 is 0 Å². The second kappa shape index (κ2) is 7.32. The molecule has 0 spiro atoms. The van der Waals surface area contributed by atoms with Crippen molar-refractivity contribution in [3.8, 4) is 0 Å². The van der Waals surface area contributed by atoms with E-state index < -0.39 is 0 Å². The lowest BCUT2D eigenvalue weighted by molar-refractivity contribution is -0.120. The van der Waals surface area contributed by atoms with Crippen molar-refractivity contribution in [2.75, 3.05) is 0 Å². The summed E-state index contributed by atoms with van der Waals surface area (Å²) in [6, 6.07) is 13.9. The van der Waals surface area contributed by atoms with Gasteiger partial charge in [-0.15, -0.1) is 11.3 Å². The molecule has 2 atom stereocenters. The monoisotopic (exact) mass is 360 g/mol. The maximum Gasteiger partial charge on any atom is 0.233 e. The number of rotatable bonds is 5. The number of thioether (sulfide) groups is 1. The molecule has 2 aromatic carbocycles. The average Bonchev–Trinajstić information content (AvgIpc) is 2.97. The minimum absolute atomic E-state index is 0.0592. The summed E-state index contributed by atoms with van der Waals surface area (Å²) < 4.78 is 15.0. The van der Waals surface area contributed by atoms with Gasteiger partial charge in [0, 0.05) is 0 Å². The summed E-state index contributed by atoms with van der Waals surface area (Å²) in [7, 11) is 0. The van der Waals surface area contributed by atoms with Gasteiger partial charge in [-0.05, 0) is 43.7 Å². The molecule has 1 heterocycles. The molecule has 1 aromatic heterocycles. The number of aromatic nitrogens is 1. The van der Waals surface area contributed by atoms with Gasteiger partial charge in [0.15, 0.2) is 4.34 Å². The van der Waals surface area contributed by atoms with Crippen molar-refractivity contribution in [2.24, 2.45) is 0 Å². The standard InChI is InChI=1S/C18H17FN2OS2/c1-11(13-7-9-14(19)10-8-13)20-17(22)12(2)23-18-21-15-5-3-4-6-16(15)24-18/h3-12H,1-2H3,(H,20,22)/t11-,12-/m0/s1. The fourth-order valence-corrected chi connectivity index (χ4v) is 4.49. The number of amides is 1. The first-order chi connectivity index (χ1) is 11.5. The summed E-state index contributed by atoms with van der Waals surface area (Å²) in [5.74, 6) is -0.340.